The number of ether oxygens (including phenoxy) is 1. The predicted molar refractivity (Wildman–Crippen MR) is 101 cm³/mol. The Balaban J connectivity index is 1.75. The number of nitro benzene ring substituents is 1. The second-order valence-corrected chi connectivity index (χ2v) is 8.37. The number of rotatable bonds is 4. The Bertz CT molecular complexity index is 1200. The lowest BCUT2D eigenvalue weighted by atomic mass is 10.0. The molecule has 1 aliphatic heterocycles. The number of hydrogen-bond donors (Lipinski definition) is 2. The number of aromatic hydroxyl groups is 1. The van der Waals surface area contributed by atoms with Crippen molar-refractivity contribution in [2.24, 2.45) is 0 Å². The number of aromatic amines is 1. The monoisotopic (exact) mass is 403 g/mol. The van der Waals surface area contributed by atoms with E-state index in [2.05, 4.69) is 4.98 Å². The quantitative estimate of drug-likeness (QED) is 0.509. The molecule has 28 heavy (non-hydrogen) atoms. The fraction of sp³-hybridized carbons (Fsp3) is 0.222. The smallest absolute Gasteiger partial charge is 0.289 e. The van der Waals surface area contributed by atoms with Crippen molar-refractivity contribution in [3.05, 3.63) is 57.8 Å². The highest BCUT2D eigenvalue weighted by Crippen LogP contribution is 2.37. The highest BCUT2D eigenvalue weighted by molar-refractivity contribution is 7.89. The van der Waals surface area contributed by atoms with Gasteiger partial charge in [-0.3, -0.25) is 10.1 Å². The van der Waals surface area contributed by atoms with Crippen molar-refractivity contribution in [1.82, 2.24) is 9.29 Å². The van der Waals surface area contributed by atoms with Gasteiger partial charge in [0.2, 0.25) is 10.0 Å². The number of aromatic nitrogens is 1. The molecule has 0 saturated heterocycles. The van der Waals surface area contributed by atoms with E-state index in [1.165, 1.54) is 35.7 Å². The van der Waals surface area contributed by atoms with Crippen LogP contribution in [-0.2, 0) is 23.0 Å². The van der Waals surface area contributed by atoms with Gasteiger partial charge in [-0.05, 0) is 24.1 Å². The number of fused-ring (bicyclic) bond motifs is 3. The van der Waals surface area contributed by atoms with E-state index in [9.17, 15) is 23.6 Å². The van der Waals surface area contributed by atoms with E-state index in [1.54, 1.807) is 12.1 Å². The lowest BCUT2D eigenvalue weighted by molar-refractivity contribution is -0.387. The normalized spacial score (nSPS) is 14.8. The molecule has 10 heteroatoms. The summed E-state index contributed by atoms with van der Waals surface area (Å²) in [5.74, 6) is 0.322. The SMILES string of the molecule is COc1cc2[nH]c3c(c2cc1O)CCN(S(=O)(=O)c1ccccc1[N+](=O)[O-])C3. The van der Waals surface area contributed by atoms with Gasteiger partial charge in [0.25, 0.3) is 5.69 Å². The number of H-pyrrole nitrogens is 1. The zero-order valence-electron chi connectivity index (χ0n) is 14.9. The first-order valence-corrected chi connectivity index (χ1v) is 9.91. The Morgan fingerprint density at radius 1 is 1.29 bits per heavy atom. The number of methoxy groups -OCH3 is 1. The Labute approximate surface area is 160 Å². The van der Waals surface area contributed by atoms with Gasteiger partial charge in [0.15, 0.2) is 16.4 Å². The van der Waals surface area contributed by atoms with Gasteiger partial charge in [-0.25, -0.2) is 8.42 Å². The Kier molecular flexibility index (Phi) is 4.24. The minimum atomic E-state index is -4.04. The Hall–Kier alpha value is -3.11. The van der Waals surface area contributed by atoms with Gasteiger partial charge in [-0.2, -0.15) is 4.31 Å². The molecule has 0 aliphatic carbocycles. The molecule has 0 amide bonds. The van der Waals surface area contributed by atoms with Crippen molar-refractivity contribution in [2.45, 2.75) is 17.9 Å². The summed E-state index contributed by atoms with van der Waals surface area (Å²) in [6.07, 6.45) is 0.418. The first kappa shape index (κ1) is 18.3. The van der Waals surface area contributed by atoms with Crippen molar-refractivity contribution in [3.63, 3.8) is 0 Å². The Morgan fingerprint density at radius 2 is 2.04 bits per heavy atom. The van der Waals surface area contributed by atoms with Crippen molar-refractivity contribution in [3.8, 4) is 11.5 Å². The van der Waals surface area contributed by atoms with Gasteiger partial charge < -0.3 is 14.8 Å². The molecule has 0 atom stereocenters. The second-order valence-electron chi connectivity index (χ2n) is 6.47. The summed E-state index contributed by atoms with van der Waals surface area (Å²) in [5.41, 5.74) is 1.89. The zero-order valence-corrected chi connectivity index (χ0v) is 15.7. The highest BCUT2D eigenvalue weighted by atomic mass is 32.2. The molecule has 4 rings (SSSR count). The molecule has 2 N–H and O–H groups in total. The summed E-state index contributed by atoms with van der Waals surface area (Å²) in [6.45, 7) is 0.239. The molecule has 0 bridgehead atoms. The minimum Gasteiger partial charge on any atom is -0.504 e. The van der Waals surface area contributed by atoms with Gasteiger partial charge in [0.1, 0.15) is 0 Å². The molecule has 1 aromatic heterocycles. The molecule has 2 heterocycles. The number of hydrogen-bond acceptors (Lipinski definition) is 6. The lowest BCUT2D eigenvalue weighted by Crippen LogP contribution is -2.36. The van der Waals surface area contributed by atoms with Crippen LogP contribution >= 0.6 is 0 Å². The maximum Gasteiger partial charge on any atom is 0.289 e. The largest absolute Gasteiger partial charge is 0.504 e. The fourth-order valence-electron chi connectivity index (χ4n) is 3.57. The number of benzene rings is 2. The maximum absolute atomic E-state index is 13.0. The summed E-state index contributed by atoms with van der Waals surface area (Å²) >= 11 is 0. The van der Waals surface area contributed by atoms with E-state index in [1.807, 2.05) is 0 Å². The number of nitro groups is 1. The predicted octanol–water partition coefficient (Wildman–Crippen LogP) is 2.54. The number of phenols is 1. The van der Waals surface area contributed by atoms with Crippen LogP contribution in [0, 0.1) is 10.1 Å². The van der Waals surface area contributed by atoms with Gasteiger partial charge in [-0.1, -0.05) is 12.1 Å². The lowest BCUT2D eigenvalue weighted by Gasteiger charge is -2.26. The molecule has 9 nitrogen and oxygen atoms in total. The Morgan fingerprint density at radius 3 is 2.75 bits per heavy atom. The third-order valence-electron chi connectivity index (χ3n) is 4.92. The van der Waals surface area contributed by atoms with Crippen LogP contribution < -0.4 is 4.74 Å². The molecule has 0 unspecified atom stereocenters. The van der Waals surface area contributed by atoms with Gasteiger partial charge >= 0.3 is 0 Å². The summed E-state index contributed by atoms with van der Waals surface area (Å²) in [6, 6.07) is 8.58. The third kappa shape index (κ3) is 2.77. The summed E-state index contributed by atoms with van der Waals surface area (Å²) in [5, 5.41) is 22.1. The molecule has 3 aromatic rings. The fourth-order valence-corrected chi connectivity index (χ4v) is 5.13. The summed E-state index contributed by atoms with van der Waals surface area (Å²) < 4.78 is 32.4. The van der Waals surface area contributed by atoms with E-state index in [4.69, 9.17) is 4.74 Å². The van der Waals surface area contributed by atoms with Crippen molar-refractivity contribution >= 4 is 26.6 Å². The average molecular weight is 403 g/mol. The van der Waals surface area contributed by atoms with Crippen molar-refractivity contribution < 1.29 is 23.2 Å². The number of nitrogens with zero attached hydrogens (tertiary/aromatic N) is 2. The van der Waals surface area contributed by atoms with Crippen LogP contribution in [0.4, 0.5) is 5.69 Å². The molecular weight excluding hydrogens is 386 g/mol. The van der Waals surface area contributed by atoms with Crippen LogP contribution in [-0.4, -0.2) is 41.4 Å². The van der Waals surface area contributed by atoms with Crippen molar-refractivity contribution in [1.29, 1.82) is 0 Å². The van der Waals surface area contributed by atoms with E-state index in [0.717, 1.165) is 16.5 Å². The number of sulfonamides is 1. The van der Waals surface area contributed by atoms with Crippen LogP contribution in [0.15, 0.2) is 41.3 Å². The topological polar surface area (TPSA) is 126 Å². The molecule has 146 valence electrons. The number of phenolic OH excluding ortho intramolecular Hbond substituents is 1. The molecule has 2 aromatic carbocycles. The van der Waals surface area contributed by atoms with Gasteiger partial charge in [0.05, 0.1) is 18.6 Å². The first-order valence-electron chi connectivity index (χ1n) is 8.47. The molecule has 0 spiro atoms. The summed E-state index contributed by atoms with van der Waals surface area (Å²) in [7, 11) is -2.59. The van der Waals surface area contributed by atoms with Crippen molar-refractivity contribution in [2.75, 3.05) is 13.7 Å². The molecule has 0 radical (unpaired) electrons. The van der Waals surface area contributed by atoms with Crippen LogP contribution in [0.5, 0.6) is 11.5 Å². The molecule has 0 saturated carbocycles. The van der Waals surface area contributed by atoms with E-state index in [0.29, 0.717) is 17.9 Å². The minimum absolute atomic E-state index is 0.00626. The van der Waals surface area contributed by atoms with Gasteiger partial charge in [-0.15, -0.1) is 0 Å². The van der Waals surface area contributed by atoms with Gasteiger partial charge in [0, 0.05) is 35.3 Å². The standard InChI is InChI=1S/C18H17N3O6S/c1-27-17-9-13-12(8-16(17)22)11-6-7-20(10-14(11)19-13)28(25,26)18-5-3-2-4-15(18)21(23)24/h2-5,8-9,19,22H,6-7,10H2,1H3. The maximum atomic E-state index is 13.0. The zero-order chi connectivity index (χ0) is 20.1. The van der Waals surface area contributed by atoms with Crippen LogP contribution in [0.3, 0.4) is 0 Å². The van der Waals surface area contributed by atoms with E-state index < -0.39 is 20.6 Å². The second kappa shape index (κ2) is 6.50. The first-order chi connectivity index (χ1) is 13.3. The van der Waals surface area contributed by atoms with Crippen LogP contribution in [0.25, 0.3) is 10.9 Å². The number of nitrogens with one attached hydrogen (secondary N) is 1. The summed E-state index contributed by atoms with van der Waals surface area (Å²) in [4.78, 5) is 13.4. The van der Waals surface area contributed by atoms with E-state index in [-0.39, 0.29) is 23.7 Å². The highest BCUT2D eigenvalue weighted by Gasteiger charge is 2.34. The molecule has 0 fully saturated rings. The van der Waals surface area contributed by atoms with Crippen LogP contribution in [0.2, 0.25) is 0 Å². The van der Waals surface area contributed by atoms with E-state index >= 15 is 0 Å². The molecular formula is C18H17N3O6S. The van der Waals surface area contributed by atoms with Crippen LogP contribution in [0.1, 0.15) is 11.3 Å². The third-order valence-corrected chi connectivity index (χ3v) is 6.81. The number of para-hydroxylation sites is 1. The molecule has 1 aliphatic rings. The average Bonchev–Trinajstić information content (AvgIpc) is 3.03.